The van der Waals surface area contributed by atoms with Crippen LogP contribution in [-0.2, 0) is 6.54 Å². The van der Waals surface area contributed by atoms with E-state index in [1.54, 1.807) is 17.9 Å². The van der Waals surface area contributed by atoms with Gasteiger partial charge in [0.15, 0.2) is 5.69 Å². The Hall–Kier alpha value is -1.85. The molecule has 1 heterocycles. The lowest BCUT2D eigenvalue weighted by molar-refractivity contribution is 0.0737. The minimum atomic E-state index is -0.161. The maximum absolute atomic E-state index is 12.3. The largest absolute Gasteiger partial charge is 0.361 e. The Morgan fingerprint density at radius 3 is 2.60 bits per heavy atom. The van der Waals surface area contributed by atoms with Gasteiger partial charge in [-0.05, 0) is 12.5 Å². The topological polar surface area (TPSA) is 72.4 Å². The van der Waals surface area contributed by atoms with Crippen molar-refractivity contribution in [1.82, 2.24) is 10.1 Å². The second-order valence-electron chi connectivity index (χ2n) is 4.32. The molecule has 2 aromatic rings. The summed E-state index contributed by atoms with van der Waals surface area (Å²) in [5.74, 6) is 0.460. The summed E-state index contributed by atoms with van der Waals surface area (Å²) in [4.78, 5) is 14.0. The highest BCUT2D eigenvalue weighted by molar-refractivity contribution is 5.92. The van der Waals surface area contributed by atoms with Crippen LogP contribution in [0.4, 0.5) is 0 Å². The molecule has 0 aliphatic heterocycles. The van der Waals surface area contributed by atoms with E-state index in [9.17, 15) is 4.79 Å². The average Bonchev–Trinajstić information content (AvgIpc) is 2.85. The average molecular weight is 296 g/mol. The van der Waals surface area contributed by atoms with E-state index in [4.69, 9.17) is 10.3 Å². The summed E-state index contributed by atoms with van der Waals surface area (Å²) in [6.45, 7) is 3.17. The van der Waals surface area contributed by atoms with Crippen molar-refractivity contribution in [3.05, 3.63) is 53.4 Å². The Morgan fingerprint density at radius 2 is 2.05 bits per heavy atom. The number of benzene rings is 1. The van der Waals surface area contributed by atoms with Gasteiger partial charge in [-0.3, -0.25) is 4.79 Å². The Morgan fingerprint density at radius 1 is 1.35 bits per heavy atom. The first-order valence-electron chi connectivity index (χ1n) is 6.17. The van der Waals surface area contributed by atoms with Gasteiger partial charge in [0.05, 0.1) is 0 Å². The molecule has 5 nitrogen and oxygen atoms in total. The lowest BCUT2D eigenvalue weighted by Gasteiger charge is -2.20. The van der Waals surface area contributed by atoms with Crippen molar-refractivity contribution in [2.24, 2.45) is 5.73 Å². The summed E-state index contributed by atoms with van der Waals surface area (Å²) in [6.07, 6.45) is 0. The van der Waals surface area contributed by atoms with Crippen molar-refractivity contribution >= 4 is 18.3 Å². The molecule has 0 aliphatic carbocycles. The van der Waals surface area contributed by atoms with E-state index in [2.05, 4.69) is 5.16 Å². The van der Waals surface area contributed by atoms with Crippen LogP contribution in [0.1, 0.15) is 21.8 Å². The predicted octanol–water partition coefficient (Wildman–Crippen LogP) is 2.01. The van der Waals surface area contributed by atoms with Gasteiger partial charge in [-0.15, -0.1) is 12.4 Å². The molecule has 2 rings (SSSR count). The highest BCUT2D eigenvalue weighted by atomic mass is 35.5. The molecule has 0 fully saturated rings. The maximum Gasteiger partial charge on any atom is 0.276 e. The quantitative estimate of drug-likeness (QED) is 0.916. The number of hydrogen-bond acceptors (Lipinski definition) is 4. The highest BCUT2D eigenvalue weighted by Gasteiger charge is 2.18. The molecule has 6 heteroatoms. The molecule has 0 aliphatic rings. The van der Waals surface area contributed by atoms with Gasteiger partial charge in [0, 0.05) is 25.7 Å². The Bertz CT molecular complexity index is 542. The second-order valence-corrected chi connectivity index (χ2v) is 4.32. The Labute approximate surface area is 124 Å². The molecule has 20 heavy (non-hydrogen) atoms. The van der Waals surface area contributed by atoms with Crippen molar-refractivity contribution < 1.29 is 9.32 Å². The third-order valence-corrected chi connectivity index (χ3v) is 2.75. The van der Waals surface area contributed by atoms with Crippen molar-refractivity contribution in [3.63, 3.8) is 0 Å². The van der Waals surface area contributed by atoms with Gasteiger partial charge in [-0.2, -0.15) is 0 Å². The molecular weight excluding hydrogens is 278 g/mol. The van der Waals surface area contributed by atoms with Gasteiger partial charge in [0.1, 0.15) is 5.76 Å². The summed E-state index contributed by atoms with van der Waals surface area (Å²) < 4.78 is 4.94. The molecule has 0 atom stereocenters. The number of carbonyl (C=O) groups excluding carboxylic acids is 1. The van der Waals surface area contributed by atoms with Crippen molar-refractivity contribution in [2.75, 3.05) is 13.1 Å². The molecule has 0 bridgehead atoms. The molecular formula is C14H18ClN3O2. The number of halogens is 1. The van der Waals surface area contributed by atoms with Crippen LogP contribution >= 0.6 is 12.4 Å². The molecule has 2 N–H and O–H groups in total. The van der Waals surface area contributed by atoms with Crippen molar-refractivity contribution in [2.45, 2.75) is 13.5 Å². The Balaban J connectivity index is 0.00000200. The van der Waals surface area contributed by atoms with Gasteiger partial charge in [-0.25, -0.2) is 0 Å². The first-order valence-corrected chi connectivity index (χ1v) is 6.17. The SMILES string of the molecule is Cc1cc(C(=O)N(CCN)Cc2ccccc2)no1.Cl. The molecule has 108 valence electrons. The standard InChI is InChI=1S/C14H17N3O2.ClH/c1-11-9-13(16-19-11)14(18)17(8-7-15)10-12-5-3-2-4-6-12;/h2-6,9H,7-8,10,15H2,1H3;1H. The number of aromatic nitrogens is 1. The second kappa shape index (κ2) is 7.67. The Kier molecular flexibility index (Phi) is 6.21. The lowest BCUT2D eigenvalue weighted by Crippen LogP contribution is -2.35. The number of rotatable bonds is 5. The van der Waals surface area contributed by atoms with Gasteiger partial charge in [0.25, 0.3) is 5.91 Å². The summed E-state index contributed by atoms with van der Waals surface area (Å²) in [5, 5.41) is 3.75. The fraction of sp³-hybridized carbons (Fsp3) is 0.286. The van der Waals surface area contributed by atoms with Crippen molar-refractivity contribution in [1.29, 1.82) is 0 Å². The lowest BCUT2D eigenvalue weighted by atomic mass is 10.2. The first-order chi connectivity index (χ1) is 9.20. The molecule has 1 amide bonds. The molecule has 0 spiro atoms. The fourth-order valence-corrected chi connectivity index (χ4v) is 1.84. The van der Waals surface area contributed by atoms with Crippen LogP contribution < -0.4 is 5.73 Å². The minimum absolute atomic E-state index is 0. The zero-order valence-corrected chi connectivity index (χ0v) is 12.1. The monoisotopic (exact) mass is 295 g/mol. The summed E-state index contributed by atoms with van der Waals surface area (Å²) in [5.41, 5.74) is 6.95. The predicted molar refractivity (Wildman–Crippen MR) is 78.7 cm³/mol. The summed E-state index contributed by atoms with van der Waals surface area (Å²) in [7, 11) is 0. The van der Waals surface area contributed by atoms with E-state index in [1.807, 2.05) is 30.3 Å². The van der Waals surface area contributed by atoms with Gasteiger partial charge in [0.2, 0.25) is 0 Å². The van der Waals surface area contributed by atoms with Crippen molar-refractivity contribution in [3.8, 4) is 0 Å². The number of hydrogen-bond donors (Lipinski definition) is 1. The third kappa shape index (κ3) is 4.08. The van der Waals surface area contributed by atoms with E-state index >= 15 is 0 Å². The summed E-state index contributed by atoms with van der Waals surface area (Å²) in [6, 6.07) is 11.4. The van der Waals surface area contributed by atoms with Gasteiger partial charge in [-0.1, -0.05) is 35.5 Å². The number of carbonyl (C=O) groups is 1. The zero-order chi connectivity index (χ0) is 13.7. The van der Waals surface area contributed by atoms with Crippen LogP contribution in [0.2, 0.25) is 0 Å². The van der Waals surface area contributed by atoms with Gasteiger partial charge < -0.3 is 15.2 Å². The molecule has 1 aromatic heterocycles. The molecule has 1 aromatic carbocycles. The van der Waals surface area contributed by atoms with Crippen LogP contribution in [0, 0.1) is 6.92 Å². The number of nitrogens with two attached hydrogens (primary N) is 1. The number of amides is 1. The smallest absolute Gasteiger partial charge is 0.276 e. The van der Waals surface area contributed by atoms with Crippen LogP contribution in [0.25, 0.3) is 0 Å². The van der Waals surface area contributed by atoms with E-state index in [-0.39, 0.29) is 18.3 Å². The van der Waals surface area contributed by atoms with Crippen LogP contribution in [-0.4, -0.2) is 29.1 Å². The van der Waals surface area contributed by atoms with E-state index in [0.29, 0.717) is 31.1 Å². The van der Waals surface area contributed by atoms with Gasteiger partial charge >= 0.3 is 0 Å². The first kappa shape index (κ1) is 16.2. The van der Waals surface area contributed by atoms with E-state index in [1.165, 1.54) is 0 Å². The molecule has 0 saturated heterocycles. The minimum Gasteiger partial charge on any atom is -0.361 e. The number of aryl methyl sites for hydroxylation is 1. The zero-order valence-electron chi connectivity index (χ0n) is 11.3. The van der Waals surface area contributed by atoms with Crippen LogP contribution in [0.3, 0.4) is 0 Å². The normalized spacial score (nSPS) is 9.90. The molecule has 0 unspecified atom stereocenters. The fourth-order valence-electron chi connectivity index (χ4n) is 1.84. The molecule has 0 saturated carbocycles. The summed E-state index contributed by atoms with van der Waals surface area (Å²) >= 11 is 0. The van der Waals surface area contributed by atoms with E-state index < -0.39 is 0 Å². The maximum atomic E-state index is 12.3. The van der Waals surface area contributed by atoms with Crippen LogP contribution in [0.15, 0.2) is 40.9 Å². The third-order valence-electron chi connectivity index (χ3n) is 2.75. The van der Waals surface area contributed by atoms with E-state index in [0.717, 1.165) is 5.56 Å². The highest BCUT2D eigenvalue weighted by Crippen LogP contribution is 2.10. The van der Waals surface area contributed by atoms with Crippen LogP contribution in [0.5, 0.6) is 0 Å². The number of nitrogens with zero attached hydrogens (tertiary/aromatic N) is 2. The molecule has 0 radical (unpaired) electrons.